The van der Waals surface area contributed by atoms with Gasteiger partial charge in [0.1, 0.15) is 0 Å². The van der Waals surface area contributed by atoms with E-state index in [4.69, 9.17) is 11.6 Å². The average molecular weight is 441 g/mol. The summed E-state index contributed by atoms with van der Waals surface area (Å²) in [5, 5.41) is 0.423. The molecule has 0 saturated heterocycles. The molecule has 156 valence electrons. The zero-order chi connectivity index (χ0) is 21.9. The summed E-state index contributed by atoms with van der Waals surface area (Å²) in [7, 11) is 0. The zero-order valence-electron chi connectivity index (χ0n) is 16.8. The van der Waals surface area contributed by atoms with E-state index in [1.165, 1.54) is 0 Å². The summed E-state index contributed by atoms with van der Waals surface area (Å²) < 4.78 is 3.60. The van der Waals surface area contributed by atoms with Gasteiger partial charge in [-0.15, -0.1) is 0 Å². The minimum atomic E-state index is -0.175. The van der Waals surface area contributed by atoms with Crippen molar-refractivity contribution in [3.8, 4) is 22.5 Å². The molecule has 8 heteroatoms. The van der Waals surface area contributed by atoms with Crippen LogP contribution in [0, 0.1) is 0 Å². The molecule has 7 nitrogen and oxygen atoms in total. The van der Waals surface area contributed by atoms with Gasteiger partial charge in [0.05, 0.1) is 11.4 Å². The molecule has 0 unspecified atom stereocenters. The van der Waals surface area contributed by atoms with Gasteiger partial charge >= 0.3 is 0 Å². The number of aromatic nitrogens is 6. The second-order valence-electron chi connectivity index (χ2n) is 6.96. The third-order valence-corrected chi connectivity index (χ3v) is 5.13. The van der Waals surface area contributed by atoms with Crippen LogP contribution in [0.3, 0.4) is 0 Å². The maximum Gasteiger partial charge on any atom is 0.292 e. The van der Waals surface area contributed by atoms with Crippen molar-refractivity contribution in [1.29, 1.82) is 0 Å². The van der Waals surface area contributed by atoms with Gasteiger partial charge in [-0.1, -0.05) is 72.3 Å². The summed E-state index contributed by atoms with van der Waals surface area (Å²) >= 11 is 6.06. The monoisotopic (exact) mass is 440 g/mol. The van der Waals surface area contributed by atoms with Crippen LogP contribution in [0.15, 0.2) is 103 Å². The molecule has 32 heavy (non-hydrogen) atoms. The fourth-order valence-corrected chi connectivity index (χ4v) is 3.59. The van der Waals surface area contributed by atoms with Crippen LogP contribution < -0.4 is 5.56 Å². The predicted octanol–water partition coefficient (Wildman–Crippen LogP) is 4.74. The van der Waals surface area contributed by atoms with Crippen molar-refractivity contribution >= 4 is 22.9 Å². The van der Waals surface area contributed by atoms with Gasteiger partial charge in [-0.05, 0) is 5.56 Å². The fourth-order valence-electron chi connectivity index (χ4n) is 3.35. The van der Waals surface area contributed by atoms with E-state index < -0.39 is 0 Å². The van der Waals surface area contributed by atoms with Crippen LogP contribution >= 0.6 is 11.6 Å². The largest absolute Gasteiger partial charge is 0.317 e. The second kappa shape index (κ2) is 8.49. The average Bonchev–Trinajstić information content (AvgIpc) is 3.51. The van der Waals surface area contributed by atoms with E-state index in [2.05, 4.69) is 19.9 Å². The lowest BCUT2D eigenvalue weighted by molar-refractivity contribution is 1.10. The molecule has 0 radical (unpaired) electrons. The molecule has 0 saturated carbocycles. The molecule has 0 aliphatic carbocycles. The quantitative estimate of drug-likeness (QED) is 0.421. The number of benzene rings is 2. The van der Waals surface area contributed by atoms with E-state index in [0.717, 1.165) is 22.5 Å². The number of fused-ring (bicyclic) bond motifs is 2. The number of hydrogen-bond donors (Lipinski definition) is 1. The van der Waals surface area contributed by atoms with Crippen LogP contribution in [0.4, 0.5) is 0 Å². The number of nitrogens with one attached hydrogen (secondary N) is 1. The molecule has 6 rings (SSSR count). The molecule has 1 N–H and O–H groups in total. The Hall–Kier alpha value is -4.23. The molecular formula is C24H17ClN6O. The lowest BCUT2D eigenvalue weighted by Crippen LogP contribution is -2.10. The fraction of sp³-hybridized carbons (Fsp3) is 0. The first kappa shape index (κ1) is 19.7. The minimum absolute atomic E-state index is 0.175. The Labute approximate surface area is 187 Å². The minimum Gasteiger partial charge on any atom is -0.317 e. The number of rotatable bonds is 2. The summed E-state index contributed by atoms with van der Waals surface area (Å²) in [6.45, 7) is 0. The van der Waals surface area contributed by atoms with Crippen molar-refractivity contribution in [3.05, 3.63) is 113 Å². The molecule has 0 bridgehead atoms. The summed E-state index contributed by atoms with van der Waals surface area (Å²) in [6.07, 6.45) is 10.7. The molecule has 0 aliphatic heterocycles. The molecule has 0 atom stereocenters. The Morgan fingerprint density at radius 1 is 0.750 bits per heavy atom. The summed E-state index contributed by atoms with van der Waals surface area (Å²) in [4.78, 5) is 26.9. The maximum absolute atomic E-state index is 11.7. The molecule has 6 aromatic rings. The van der Waals surface area contributed by atoms with Crippen molar-refractivity contribution in [1.82, 2.24) is 28.7 Å². The standard InChI is InChI=1S/C12H8ClN3.C12H9N3O/c13-11-12-14-6-7-16(12)8-10(15-11)9-4-2-1-3-5-9;16-12-11-13-6-7-15(11)8-10(14-12)9-4-2-1-3-5-9/h1-8H;1-8H,(H,14,16). The Bertz CT molecular complexity index is 1550. The topological polar surface area (TPSA) is 80.4 Å². The van der Waals surface area contributed by atoms with Gasteiger partial charge in [0.2, 0.25) is 5.65 Å². The lowest BCUT2D eigenvalue weighted by Gasteiger charge is -2.03. The van der Waals surface area contributed by atoms with Crippen molar-refractivity contribution in [2.45, 2.75) is 0 Å². The van der Waals surface area contributed by atoms with Crippen LogP contribution in [0.5, 0.6) is 0 Å². The van der Waals surface area contributed by atoms with Crippen molar-refractivity contribution in [2.24, 2.45) is 0 Å². The molecule has 0 amide bonds. The highest BCUT2D eigenvalue weighted by atomic mass is 35.5. The van der Waals surface area contributed by atoms with E-state index >= 15 is 0 Å². The van der Waals surface area contributed by atoms with E-state index in [9.17, 15) is 4.79 Å². The first-order chi connectivity index (χ1) is 15.7. The van der Waals surface area contributed by atoms with Crippen molar-refractivity contribution in [3.63, 3.8) is 0 Å². The van der Waals surface area contributed by atoms with Gasteiger partial charge in [-0.3, -0.25) is 4.79 Å². The van der Waals surface area contributed by atoms with Gasteiger partial charge in [0.15, 0.2) is 10.8 Å². The van der Waals surface area contributed by atoms with E-state index in [-0.39, 0.29) is 5.56 Å². The highest BCUT2D eigenvalue weighted by molar-refractivity contribution is 6.32. The van der Waals surface area contributed by atoms with Crippen LogP contribution in [0.25, 0.3) is 33.8 Å². The number of nitrogens with zero attached hydrogens (tertiary/aromatic N) is 5. The predicted molar refractivity (Wildman–Crippen MR) is 125 cm³/mol. The first-order valence-electron chi connectivity index (χ1n) is 9.85. The van der Waals surface area contributed by atoms with Gasteiger partial charge in [0.25, 0.3) is 5.56 Å². The molecule has 4 heterocycles. The van der Waals surface area contributed by atoms with Crippen molar-refractivity contribution in [2.75, 3.05) is 0 Å². The van der Waals surface area contributed by atoms with Gasteiger partial charge < -0.3 is 13.8 Å². The summed E-state index contributed by atoms with van der Waals surface area (Å²) in [5.41, 5.74) is 4.58. The Morgan fingerprint density at radius 2 is 1.34 bits per heavy atom. The number of aromatic amines is 1. The number of hydrogen-bond acceptors (Lipinski definition) is 4. The third kappa shape index (κ3) is 3.89. The normalized spacial score (nSPS) is 10.8. The highest BCUT2D eigenvalue weighted by Gasteiger charge is 2.06. The van der Waals surface area contributed by atoms with Crippen molar-refractivity contribution < 1.29 is 0 Å². The van der Waals surface area contributed by atoms with E-state index in [0.29, 0.717) is 16.4 Å². The van der Waals surface area contributed by atoms with Crippen LogP contribution in [-0.4, -0.2) is 28.7 Å². The SMILES string of the molecule is Clc1nc(-c2ccccc2)cn2ccnc12.O=c1[nH]c(-c2ccccc2)cn2ccnc12. The lowest BCUT2D eigenvalue weighted by atomic mass is 10.2. The highest BCUT2D eigenvalue weighted by Crippen LogP contribution is 2.21. The maximum atomic E-state index is 11.7. The van der Waals surface area contributed by atoms with Crippen LogP contribution in [0.2, 0.25) is 5.15 Å². The van der Waals surface area contributed by atoms with Gasteiger partial charge in [-0.25, -0.2) is 15.0 Å². The van der Waals surface area contributed by atoms with Gasteiger partial charge in [-0.2, -0.15) is 0 Å². The number of imidazole rings is 2. The van der Waals surface area contributed by atoms with E-state index in [1.54, 1.807) is 23.0 Å². The Balaban J connectivity index is 0.000000135. The molecule has 0 fully saturated rings. The Kier molecular flexibility index (Phi) is 5.23. The van der Waals surface area contributed by atoms with Crippen LogP contribution in [0.1, 0.15) is 0 Å². The summed E-state index contributed by atoms with van der Waals surface area (Å²) in [5.74, 6) is 0. The molecular weight excluding hydrogens is 424 g/mol. The smallest absolute Gasteiger partial charge is 0.292 e. The molecule has 2 aromatic carbocycles. The number of H-pyrrole nitrogens is 1. The van der Waals surface area contributed by atoms with Gasteiger partial charge in [0, 0.05) is 42.7 Å². The summed E-state index contributed by atoms with van der Waals surface area (Å²) in [6, 6.07) is 19.6. The third-order valence-electron chi connectivity index (χ3n) is 4.88. The molecule has 4 aromatic heterocycles. The van der Waals surface area contributed by atoms with Crippen LogP contribution in [-0.2, 0) is 0 Å². The number of halogens is 1. The second-order valence-corrected chi connectivity index (χ2v) is 7.32. The molecule has 0 spiro atoms. The Morgan fingerprint density at radius 3 is 2.03 bits per heavy atom. The molecule has 0 aliphatic rings. The van der Waals surface area contributed by atoms with E-state index in [1.807, 2.05) is 83.7 Å². The zero-order valence-corrected chi connectivity index (χ0v) is 17.5. The first-order valence-corrected chi connectivity index (χ1v) is 10.2.